The number of H-pyrrole nitrogens is 1. The Morgan fingerprint density at radius 1 is 1.32 bits per heavy atom. The molecular formula is C14H13N3OS. The first-order valence-electron chi connectivity index (χ1n) is 5.96. The van der Waals surface area contributed by atoms with E-state index in [-0.39, 0.29) is 5.91 Å². The van der Waals surface area contributed by atoms with E-state index in [4.69, 9.17) is 0 Å². The van der Waals surface area contributed by atoms with Gasteiger partial charge in [0.15, 0.2) is 5.82 Å². The normalized spacial score (nSPS) is 10.8. The Kier molecular flexibility index (Phi) is 2.83. The number of rotatable bonds is 2. The summed E-state index contributed by atoms with van der Waals surface area (Å²) in [5, 5.41) is 10.8. The second-order valence-corrected chi connectivity index (χ2v) is 5.68. The maximum Gasteiger partial charge on any atom is 0.266 e. The number of carbonyl (C=O) groups is 1. The zero-order chi connectivity index (χ0) is 13.4. The summed E-state index contributed by atoms with van der Waals surface area (Å²) in [5.41, 5.74) is 2.05. The largest absolute Gasteiger partial charge is 0.304 e. The molecule has 19 heavy (non-hydrogen) atoms. The lowest BCUT2D eigenvalue weighted by Crippen LogP contribution is -2.10. The molecular weight excluding hydrogens is 258 g/mol. The molecule has 1 amide bonds. The van der Waals surface area contributed by atoms with Crippen molar-refractivity contribution in [3.8, 4) is 0 Å². The monoisotopic (exact) mass is 271 g/mol. The number of aryl methyl sites for hydroxylation is 2. The number of aromatic amines is 1. The number of anilines is 1. The fourth-order valence-corrected chi connectivity index (χ4v) is 2.84. The van der Waals surface area contributed by atoms with E-state index in [1.54, 1.807) is 0 Å². The number of carbonyl (C=O) groups excluding carboxylic acids is 1. The van der Waals surface area contributed by atoms with Crippen molar-refractivity contribution in [1.29, 1.82) is 0 Å². The molecule has 2 heterocycles. The van der Waals surface area contributed by atoms with Gasteiger partial charge in [-0.1, -0.05) is 12.1 Å². The van der Waals surface area contributed by atoms with Crippen molar-refractivity contribution < 1.29 is 4.79 Å². The molecule has 0 aliphatic rings. The highest BCUT2D eigenvalue weighted by Gasteiger charge is 2.13. The standard InChI is InChI=1S/C14H13N3OS/c1-8-7-12(19-9(8)2)14(18)15-13-10-5-3-4-6-11(10)16-17-13/h3-7H,1-2H3,(H2,15,16,17,18). The molecule has 2 aromatic heterocycles. The van der Waals surface area contributed by atoms with Gasteiger partial charge in [0.25, 0.3) is 5.91 Å². The summed E-state index contributed by atoms with van der Waals surface area (Å²) in [5.74, 6) is 0.461. The van der Waals surface area contributed by atoms with E-state index in [1.807, 2.05) is 44.2 Å². The molecule has 96 valence electrons. The molecule has 3 aromatic rings. The van der Waals surface area contributed by atoms with Crippen molar-refractivity contribution in [3.63, 3.8) is 0 Å². The van der Waals surface area contributed by atoms with Crippen LogP contribution in [-0.2, 0) is 0 Å². The third-order valence-electron chi connectivity index (χ3n) is 3.09. The molecule has 0 aliphatic carbocycles. The minimum absolute atomic E-state index is 0.113. The van der Waals surface area contributed by atoms with Gasteiger partial charge in [0.1, 0.15) is 0 Å². The van der Waals surface area contributed by atoms with Crippen molar-refractivity contribution in [2.75, 3.05) is 5.32 Å². The van der Waals surface area contributed by atoms with Gasteiger partial charge in [0, 0.05) is 10.3 Å². The third kappa shape index (κ3) is 2.13. The van der Waals surface area contributed by atoms with Gasteiger partial charge in [-0.05, 0) is 37.6 Å². The Morgan fingerprint density at radius 2 is 2.11 bits per heavy atom. The van der Waals surface area contributed by atoms with Crippen LogP contribution in [0.15, 0.2) is 30.3 Å². The molecule has 0 unspecified atom stereocenters. The van der Waals surface area contributed by atoms with Crippen LogP contribution in [0, 0.1) is 13.8 Å². The Hall–Kier alpha value is -2.14. The van der Waals surface area contributed by atoms with Crippen molar-refractivity contribution in [2.45, 2.75) is 13.8 Å². The zero-order valence-electron chi connectivity index (χ0n) is 10.7. The van der Waals surface area contributed by atoms with E-state index in [0.29, 0.717) is 10.7 Å². The molecule has 0 radical (unpaired) electrons. The lowest BCUT2D eigenvalue weighted by Gasteiger charge is -1.99. The molecule has 0 saturated carbocycles. The number of para-hydroxylation sites is 1. The van der Waals surface area contributed by atoms with Gasteiger partial charge in [0.05, 0.1) is 10.4 Å². The topological polar surface area (TPSA) is 57.8 Å². The predicted octanol–water partition coefficient (Wildman–Crippen LogP) is 3.49. The molecule has 0 spiro atoms. The van der Waals surface area contributed by atoms with Crippen LogP contribution < -0.4 is 5.32 Å². The fourth-order valence-electron chi connectivity index (χ4n) is 1.91. The quantitative estimate of drug-likeness (QED) is 0.749. The highest BCUT2D eigenvalue weighted by Crippen LogP contribution is 2.24. The maximum atomic E-state index is 12.2. The molecule has 0 saturated heterocycles. The van der Waals surface area contributed by atoms with Crippen LogP contribution in [0.4, 0.5) is 5.82 Å². The summed E-state index contributed by atoms with van der Waals surface area (Å²) in [4.78, 5) is 14.0. The van der Waals surface area contributed by atoms with Gasteiger partial charge < -0.3 is 5.32 Å². The SMILES string of the molecule is Cc1cc(C(=O)Nc2n[nH]c3ccccc23)sc1C. The first kappa shape index (κ1) is 11.9. The molecule has 2 N–H and O–H groups in total. The number of thiophene rings is 1. The van der Waals surface area contributed by atoms with Crippen molar-refractivity contribution in [3.05, 3.63) is 45.6 Å². The fraction of sp³-hybridized carbons (Fsp3) is 0.143. The minimum Gasteiger partial charge on any atom is -0.304 e. The number of hydrogen-bond acceptors (Lipinski definition) is 3. The molecule has 1 aromatic carbocycles. The summed E-state index contributed by atoms with van der Waals surface area (Å²) < 4.78 is 0. The van der Waals surface area contributed by atoms with Crippen LogP contribution in [0.2, 0.25) is 0 Å². The second kappa shape index (κ2) is 4.51. The van der Waals surface area contributed by atoms with Crippen molar-refractivity contribution >= 4 is 34.0 Å². The van der Waals surface area contributed by atoms with Gasteiger partial charge in [-0.25, -0.2) is 0 Å². The first-order valence-corrected chi connectivity index (χ1v) is 6.78. The summed E-state index contributed by atoms with van der Waals surface area (Å²) in [6, 6.07) is 9.62. The lowest BCUT2D eigenvalue weighted by molar-refractivity contribution is 0.103. The third-order valence-corrected chi connectivity index (χ3v) is 4.24. The van der Waals surface area contributed by atoms with E-state index in [9.17, 15) is 4.79 Å². The number of amides is 1. The number of benzene rings is 1. The first-order chi connectivity index (χ1) is 9.15. The molecule has 3 rings (SSSR count). The highest BCUT2D eigenvalue weighted by atomic mass is 32.1. The summed E-state index contributed by atoms with van der Waals surface area (Å²) >= 11 is 1.50. The van der Waals surface area contributed by atoms with Crippen LogP contribution in [-0.4, -0.2) is 16.1 Å². The lowest BCUT2D eigenvalue weighted by atomic mass is 10.2. The molecule has 0 atom stereocenters. The van der Waals surface area contributed by atoms with E-state index in [0.717, 1.165) is 21.3 Å². The summed E-state index contributed by atoms with van der Waals surface area (Å²) in [7, 11) is 0. The molecule has 0 fully saturated rings. The summed E-state index contributed by atoms with van der Waals surface area (Å²) in [6.07, 6.45) is 0. The Balaban J connectivity index is 1.90. The average Bonchev–Trinajstić information content (AvgIpc) is 2.95. The van der Waals surface area contributed by atoms with Crippen molar-refractivity contribution in [2.24, 2.45) is 0 Å². The summed E-state index contributed by atoms with van der Waals surface area (Å²) in [6.45, 7) is 4.02. The average molecular weight is 271 g/mol. The van der Waals surface area contributed by atoms with Crippen LogP contribution in [0.1, 0.15) is 20.1 Å². The molecule has 0 bridgehead atoms. The number of aromatic nitrogens is 2. The zero-order valence-corrected chi connectivity index (χ0v) is 11.5. The van der Waals surface area contributed by atoms with Gasteiger partial charge in [0.2, 0.25) is 0 Å². The smallest absolute Gasteiger partial charge is 0.266 e. The van der Waals surface area contributed by atoms with E-state index in [2.05, 4.69) is 15.5 Å². The maximum absolute atomic E-state index is 12.2. The molecule has 5 heteroatoms. The van der Waals surface area contributed by atoms with Gasteiger partial charge >= 0.3 is 0 Å². The number of nitrogens with zero attached hydrogens (tertiary/aromatic N) is 1. The predicted molar refractivity (Wildman–Crippen MR) is 77.8 cm³/mol. The van der Waals surface area contributed by atoms with Crippen LogP contribution >= 0.6 is 11.3 Å². The van der Waals surface area contributed by atoms with Crippen LogP contribution in [0.25, 0.3) is 10.9 Å². The Morgan fingerprint density at radius 3 is 2.84 bits per heavy atom. The van der Waals surface area contributed by atoms with Gasteiger partial charge in [-0.2, -0.15) is 5.10 Å². The minimum atomic E-state index is -0.113. The molecule has 4 nitrogen and oxygen atoms in total. The Labute approximate surface area is 114 Å². The van der Waals surface area contributed by atoms with Crippen LogP contribution in [0.3, 0.4) is 0 Å². The highest BCUT2D eigenvalue weighted by molar-refractivity contribution is 7.14. The van der Waals surface area contributed by atoms with Gasteiger partial charge in [-0.15, -0.1) is 11.3 Å². The second-order valence-electron chi connectivity index (χ2n) is 4.42. The van der Waals surface area contributed by atoms with Crippen molar-refractivity contribution in [1.82, 2.24) is 10.2 Å². The van der Waals surface area contributed by atoms with Crippen LogP contribution in [0.5, 0.6) is 0 Å². The number of hydrogen-bond donors (Lipinski definition) is 2. The van der Waals surface area contributed by atoms with E-state index >= 15 is 0 Å². The molecule has 0 aliphatic heterocycles. The number of fused-ring (bicyclic) bond motifs is 1. The van der Waals surface area contributed by atoms with Gasteiger partial charge in [-0.3, -0.25) is 9.89 Å². The van der Waals surface area contributed by atoms with E-state index < -0.39 is 0 Å². The van der Waals surface area contributed by atoms with E-state index in [1.165, 1.54) is 11.3 Å². The number of nitrogens with one attached hydrogen (secondary N) is 2. The Bertz CT molecular complexity index is 737.